The van der Waals surface area contributed by atoms with Crippen LogP contribution in [0.1, 0.15) is 22.8 Å². The smallest absolute Gasteiger partial charge is 0.272 e. The minimum atomic E-state index is -4.10. The second-order valence-corrected chi connectivity index (χ2v) is 7.93. The van der Waals surface area contributed by atoms with E-state index in [1.165, 1.54) is 25.3 Å². The van der Waals surface area contributed by atoms with Gasteiger partial charge in [0.15, 0.2) is 0 Å². The van der Waals surface area contributed by atoms with Crippen LogP contribution in [0.3, 0.4) is 0 Å². The third-order valence-corrected chi connectivity index (χ3v) is 6.09. The van der Waals surface area contributed by atoms with E-state index in [2.05, 4.69) is 0 Å². The molecule has 3 aromatic rings. The predicted molar refractivity (Wildman–Crippen MR) is 109 cm³/mol. The number of rotatable bonds is 6. The van der Waals surface area contributed by atoms with Gasteiger partial charge in [0.2, 0.25) is 0 Å². The molecule has 6 heteroatoms. The summed E-state index contributed by atoms with van der Waals surface area (Å²) in [6.07, 6.45) is 0.815. The Morgan fingerprint density at radius 1 is 0.929 bits per heavy atom. The summed E-state index contributed by atoms with van der Waals surface area (Å²) in [4.78, 5) is 13.3. The molecule has 0 heterocycles. The number of methoxy groups -OCH3 is 1. The highest BCUT2D eigenvalue weighted by molar-refractivity contribution is 7.93. The van der Waals surface area contributed by atoms with Crippen LogP contribution in [0.4, 0.5) is 5.69 Å². The molecule has 5 nitrogen and oxygen atoms in total. The molecule has 28 heavy (non-hydrogen) atoms. The minimum Gasteiger partial charge on any atom is -0.497 e. The Hall–Kier alpha value is -3.12. The summed E-state index contributed by atoms with van der Waals surface area (Å²) in [7, 11) is -2.61. The van der Waals surface area contributed by atoms with Crippen molar-refractivity contribution < 1.29 is 17.9 Å². The lowest BCUT2D eigenvalue weighted by Crippen LogP contribution is -2.37. The summed E-state index contributed by atoms with van der Waals surface area (Å²) in [6, 6.07) is 21.3. The quantitative estimate of drug-likeness (QED) is 0.624. The molecule has 0 spiro atoms. The second-order valence-electron chi connectivity index (χ2n) is 6.14. The first-order valence-electron chi connectivity index (χ1n) is 8.85. The lowest BCUT2D eigenvalue weighted by Gasteiger charge is -2.23. The Kier molecular flexibility index (Phi) is 5.80. The van der Waals surface area contributed by atoms with E-state index in [9.17, 15) is 13.2 Å². The lowest BCUT2D eigenvalue weighted by atomic mass is 10.1. The molecule has 0 aromatic heterocycles. The molecule has 0 N–H and O–H groups in total. The molecule has 0 aliphatic rings. The van der Waals surface area contributed by atoms with Crippen LogP contribution in [0.15, 0.2) is 83.8 Å². The van der Waals surface area contributed by atoms with Crippen LogP contribution in [0.5, 0.6) is 5.75 Å². The first-order chi connectivity index (χ1) is 13.5. The molecule has 0 radical (unpaired) electrons. The van der Waals surface area contributed by atoms with Gasteiger partial charge >= 0.3 is 0 Å². The van der Waals surface area contributed by atoms with Crippen LogP contribution < -0.4 is 9.04 Å². The van der Waals surface area contributed by atoms with Gasteiger partial charge in [0, 0.05) is 5.56 Å². The van der Waals surface area contributed by atoms with Gasteiger partial charge in [-0.1, -0.05) is 43.3 Å². The highest BCUT2D eigenvalue weighted by Gasteiger charge is 2.31. The number of carbonyl (C=O) groups excluding carboxylic acids is 1. The number of benzene rings is 3. The zero-order valence-electron chi connectivity index (χ0n) is 15.7. The zero-order valence-corrected chi connectivity index (χ0v) is 16.5. The van der Waals surface area contributed by atoms with Crippen LogP contribution in [0.25, 0.3) is 0 Å². The SMILES string of the molecule is CCc1ccc(N(C(=O)c2cccc(OC)c2)S(=O)(=O)c2ccccc2)cc1. The molecule has 3 rings (SSSR count). The van der Waals surface area contributed by atoms with E-state index in [1.807, 2.05) is 19.1 Å². The summed E-state index contributed by atoms with van der Waals surface area (Å²) in [5.41, 5.74) is 1.56. The number of sulfonamides is 1. The van der Waals surface area contributed by atoms with Crippen LogP contribution in [0, 0.1) is 0 Å². The molecular weight excluding hydrogens is 374 g/mol. The topological polar surface area (TPSA) is 63.7 Å². The lowest BCUT2D eigenvalue weighted by molar-refractivity contribution is 0.100. The fourth-order valence-electron chi connectivity index (χ4n) is 2.80. The van der Waals surface area contributed by atoms with Crippen molar-refractivity contribution in [2.75, 3.05) is 11.4 Å². The molecule has 0 bridgehead atoms. The minimum absolute atomic E-state index is 0.0471. The molecular formula is C22H21NO4S. The van der Waals surface area contributed by atoms with E-state index >= 15 is 0 Å². The van der Waals surface area contributed by atoms with Crippen molar-refractivity contribution >= 4 is 21.6 Å². The van der Waals surface area contributed by atoms with E-state index in [1.54, 1.807) is 48.5 Å². The Balaban J connectivity index is 2.14. The molecule has 0 unspecified atom stereocenters. The number of hydrogen-bond acceptors (Lipinski definition) is 4. The fourth-order valence-corrected chi connectivity index (χ4v) is 4.24. The molecule has 0 saturated heterocycles. The van der Waals surface area contributed by atoms with Gasteiger partial charge in [-0.2, -0.15) is 4.31 Å². The summed E-state index contributed by atoms with van der Waals surface area (Å²) >= 11 is 0. The molecule has 1 amide bonds. The highest BCUT2D eigenvalue weighted by Crippen LogP contribution is 2.27. The number of ether oxygens (including phenoxy) is 1. The first-order valence-corrected chi connectivity index (χ1v) is 10.3. The third kappa shape index (κ3) is 3.92. The average Bonchev–Trinajstić information content (AvgIpc) is 2.75. The Morgan fingerprint density at radius 3 is 2.21 bits per heavy atom. The molecule has 0 atom stereocenters. The molecule has 3 aromatic carbocycles. The number of aryl methyl sites for hydroxylation is 1. The van der Waals surface area contributed by atoms with E-state index < -0.39 is 15.9 Å². The van der Waals surface area contributed by atoms with Crippen LogP contribution in [0.2, 0.25) is 0 Å². The van der Waals surface area contributed by atoms with E-state index in [0.717, 1.165) is 16.3 Å². The zero-order chi connectivity index (χ0) is 20.1. The summed E-state index contributed by atoms with van der Waals surface area (Å²) in [5, 5.41) is 0. The van der Waals surface area contributed by atoms with Gasteiger partial charge in [0.05, 0.1) is 17.7 Å². The largest absolute Gasteiger partial charge is 0.497 e. The van der Waals surface area contributed by atoms with Crippen LogP contribution in [-0.2, 0) is 16.4 Å². The highest BCUT2D eigenvalue weighted by atomic mass is 32.2. The van der Waals surface area contributed by atoms with Crippen molar-refractivity contribution in [3.8, 4) is 5.75 Å². The Labute approximate surface area is 165 Å². The first kappa shape index (κ1) is 19.6. The van der Waals surface area contributed by atoms with Crippen LogP contribution >= 0.6 is 0 Å². The molecule has 0 aliphatic carbocycles. The molecule has 144 valence electrons. The summed E-state index contributed by atoms with van der Waals surface area (Å²) in [5.74, 6) is -0.170. The van der Waals surface area contributed by atoms with E-state index in [4.69, 9.17) is 4.74 Å². The van der Waals surface area contributed by atoms with Gasteiger partial charge in [-0.05, 0) is 54.4 Å². The molecule has 0 aliphatic heterocycles. The van der Waals surface area contributed by atoms with E-state index in [-0.39, 0.29) is 16.1 Å². The van der Waals surface area contributed by atoms with Gasteiger partial charge < -0.3 is 4.74 Å². The van der Waals surface area contributed by atoms with Crippen molar-refractivity contribution in [1.82, 2.24) is 0 Å². The second kappa shape index (κ2) is 8.27. The maximum Gasteiger partial charge on any atom is 0.272 e. The van der Waals surface area contributed by atoms with Crippen LogP contribution in [-0.4, -0.2) is 21.4 Å². The summed E-state index contributed by atoms with van der Waals surface area (Å²) < 4.78 is 32.7. The number of anilines is 1. The normalized spacial score (nSPS) is 11.1. The van der Waals surface area contributed by atoms with Gasteiger partial charge in [0.1, 0.15) is 5.75 Å². The van der Waals surface area contributed by atoms with Crippen molar-refractivity contribution in [1.29, 1.82) is 0 Å². The van der Waals surface area contributed by atoms with Crippen molar-refractivity contribution in [2.45, 2.75) is 18.2 Å². The molecule has 0 saturated carbocycles. The van der Waals surface area contributed by atoms with Crippen molar-refractivity contribution in [3.63, 3.8) is 0 Å². The monoisotopic (exact) mass is 395 g/mol. The number of carbonyl (C=O) groups is 1. The standard InChI is InChI=1S/C22H21NO4S/c1-3-17-12-14-19(15-13-17)23(28(25,26)21-10-5-4-6-11-21)22(24)18-8-7-9-20(16-18)27-2/h4-16H,3H2,1-2H3. The Morgan fingerprint density at radius 2 is 1.61 bits per heavy atom. The van der Waals surface area contributed by atoms with Gasteiger partial charge in [-0.25, -0.2) is 8.42 Å². The maximum absolute atomic E-state index is 13.3. The van der Waals surface area contributed by atoms with Crippen molar-refractivity contribution in [3.05, 3.63) is 90.0 Å². The third-order valence-electron chi connectivity index (χ3n) is 4.36. The van der Waals surface area contributed by atoms with Crippen molar-refractivity contribution in [2.24, 2.45) is 0 Å². The fraction of sp³-hybridized carbons (Fsp3) is 0.136. The van der Waals surface area contributed by atoms with Gasteiger partial charge in [-0.15, -0.1) is 0 Å². The summed E-state index contributed by atoms with van der Waals surface area (Å²) in [6.45, 7) is 2.01. The number of amides is 1. The van der Waals surface area contributed by atoms with Gasteiger partial charge in [-0.3, -0.25) is 4.79 Å². The number of nitrogens with zero attached hydrogens (tertiary/aromatic N) is 1. The molecule has 0 fully saturated rings. The average molecular weight is 395 g/mol. The van der Waals surface area contributed by atoms with E-state index in [0.29, 0.717) is 5.75 Å². The number of hydrogen-bond donors (Lipinski definition) is 0. The van der Waals surface area contributed by atoms with Gasteiger partial charge in [0.25, 0.3) is 15.9 Å². The predicted octanol–water partition coefficient (Wildman–Crippen LogP) is 4.29. The Bertz CT molecular complexity index is 1060. The maximum atomic E-state index is 13.3.